The van der Waals surface area contributed by atoms with Gasteiger partial charge in [0.05, 0.1) is 0 Å². The number of carbonyl (C=O) groups is 2. The summed E-state index contributed by atoms with van der Waals surface area (Å²) in [5.74, 6) is -0.576. The number of urea groups is 1. The summed E-state index contributed by atoms with van der Waals surface area (Å²) in [6, 6.07) is 8.15. The zero-order valence-corrected chi connectivity index (χ0v) is 12.9. The van der Waals surface area contributed by atoms with Crippen LogP contribution in [0.2, 0.25) is 0 Å². The zero-order valence-electron chi connectivity index (χ0n) is 12.9. The minimum atomic E-state index is -1.02. The lowest BCUT2D eigenvalue weighted by atomic mass is 9.86. The third-order valence-electron chi connectivity index (χ3n) is 4.31. The molecule has 120 valence electrons. The number of benzene rings is 1. The predicted octanol–water partition coefficient (Wildman–Crippen LogP) is 2.56. The summed E-state index contributed by atoms with van der Waals surface area (Å²) in [6.45, 7) is 2.13. The fraction of sp³-hybridized carbons (Fsp3) is 0.529. The van der Waals surface area contributed by atoms with Crippen LogP contribution in [0.25, 0.3) is 0 Å². The number of aliphatic carboxylic acids is 1. The predicted molar refractivity (Wildman–Crippen MR) is 84.7 cm³/mol. The van der Waals surface area contributed by atoms with Crippen LogP contribution < -0.4 is 10.6 Å². The molecule has 1 aromatic rings. The first-order valence-electron chi connectivity index (χ1n) is 7.90. The Morgan fingerprint density at radius 3 is 2.55 bits per heavy atom. The Balaban J connectivity index is 1.90. The summed E-state index contributed by atoms with van der Waals surface area (Å²) >= 11 is 0. The Morgan fingerprint density at radius 2 is 1.91 bits per heavy atom. The molecule has 2 rings (SSSR count). The van der Waals surface area contributed by atoms with Crippen molar-refractivity contribution >= 4 is 12.0 Å². The number of carboxylic acids is 1. The third-order valence-corrected chi connectivity index (χ3v) is 4.31. The van der Waals surface area contributed by atoms with Crippen LogP contribution in [0.4, 0.5) is 4.79 Å². The fourth-order valence-electron chi connectivity index (χ4n) is 2.95. The Bertz CT molecular complexity index is 504. The summed E-state index contributed by atoms with van der Waals surface area (Å²) in [4.78, 5) is 23.4. The van der Waals surface area contributed by atoms with Gasteiger partial charge in [0, 0.05) is 12.5 Å². The van der Waals surface area contributed by atoms with E-state index in [-0.39, 0.29) is 18.5 Å². The van der Waals surface area contributed by atoms with Crippen molar-refractivity contribution in [1.29, 1.82) is 0 Å². The Hall–Kier alpha value is -2.04. The normalized spacial score (nSPS) is 22.6. The van der Waals surface area contributed by atoms with Gasteiger partial charge in [-0.25, -0.2) is 9.59 Å². The first kappa shape index (κ1) is 16.3. The van der Waals surface area contributed by atoms with Gasteiger partial charge < -0.3 is 15.7 Å². The van der Waals surface area contributed by atoms with Crippen molar-refractivity contribution in [2.45, 2.75) is 51.1 Å². The van der Waals surface area contributed by atoms with E-state index in [4.69, 9.17) is 0 Å². The molecule has 0 heterocycles. The largest absolute Gasteiger partial charge is 0.480 e. The number of carboxylic acid groups (broad SMARTS) is 1. The van der Waals surface area contributed by atoms with E-state index in [1.807, 2.05) is 30.3 Å². The van der Waals surface area contributed by atoms with Gasteiger partial charge in [-0.2, -0.15) is 0 Å². The van der Waals surface area contributed by atoms with Crippen molar-refractivity contribution in [1.82, 2.24) is 10.6 Å². The highest BCUT2D eigenvalue weighted by Crippen LogP contribution is 2.23. The number of hydrogen-bond acceptors (Lipinski definition) is 2. The second-order valence-corrected chi connectivity index (χ2v) is 6.07. The standard InChI is InChI=1S/C17H24N2O3/c1-12-7-5-6-10-14(12)18-17(22)19-15(16(20)21)11-13-8-3-2-4-9-13/h2-4,8-9,12,14-15H,5-7,10-11H2,1H3,(H,20,21)(H2,18,19,22)/t12-,14+,15+/m1/s1. The monoisotopic (exact) mass is 304 g/mol. The third kappa shape index (κ3) is 4.76. The zero-order chi connectivity index (χ0) is 15.9. The Kier molecular flexibility index (Phi) is 5.81. The van der Waals surface area contributed by atoms with E-state index < -0.39 is 12.0 Å². The molecule has 0 aliphatic heterocycles. The van der Waals surface area contributed by atoms with Crippen LogP contribution in [0.15, 0.2) is 30.3 Å². The van der Waals surface area contributed by atoms with Gasteiger partial charge >= 0.3 is 12.0 Å². The molecule has 1 aliphatic carbocycles. The molecular formula is C17H24N2O3. The molecule has 0 spiro atoms. The molecule has 0 unspecified atom stereocenters. The summed E-state index contributed by atoms with van der Waals surface area (Å²) in [6.07, 6.45) is 4.67. The molecule has 1 fully saturated rings. The quantitative estimate of drug-likeness (QED) is 0.782. The van der Waals surface area contributed by atoms with Crippen molar-refractivity contribution in [3.63, 3.8) is 0 Å². The van der Waals surface area contributed by atoms with Crippen molar-refractivity contribution in [2.24, 2.45) is 5.92 Å². The average Bonchev–Trinajstić information content (AvgIpc) is 2.50. The van der Waals surface area contributed by atoms with Crippen LogP contribution >= 0.6 is 0 Å². The van der Waals surface area contributed by atoms with Gasteiger partial charge in [-0.05, 0) is 24.3 Å². The van der Waals surface area contributed by atoms with Crippen molar-refractivity contribution < 1.29 is 14.7 Å². The number of nitrogens with one attached hydrogen (secondary N) is 2. The maximum Gasteiger partial charge on any atom is 0.326 e. The Labute approximate surface area is 131 Å². The van der Waals surface area contributed by atoms with Gasteiger partial charge in [-0.1, -0.05) is 50.1 Å². The SMILES string of the molecule is C[C@@H]1CCCC[C@@H]1NC(=O)N[C@@H](Cc1ccccc1)C(=O)O. The van der Waals surface area contributed by atoms with E-state index in [0.717, 1.165) is 24.8 Å². The summed E-state index contributed by atoms with van der Waals surface area (Å²) in [5.41, 5.74) is 0.890. The van der Waals surface area contributed by atoms with Gasteiger partial charge in [0.1, 0.15) is 6.04 Å². The van der Waals surface area contributed by atoms with Gasteiger partial charge in [-0.15, -0.1) is 0 Å². The van der Waals surface area contributed by atoms with Crippen LogP contribution in [-0.4, -0.2) is 29.2 Å². The smallest absolute Gasteiger partial charge is 0.326 e. The van der Waals surface area contributed by atoms with Crippen LogP contribution in [0.1, 0.15) is 38.2 Å². The van der Waals surface area contributed by atoms with E-state index >= 15 is 0 Å². The first-order valence-corrected chi connectivity index (χ1v) is 7.90. The molecule has 0 aromatic heterocycles. The molecule has 3 atom stereocenters. The van der Waals surface area contributed by atoms with Crippen LogP contribution in [0.3, 0.4) is 0 Å². The minimum Gasteiger partial charge on any atom is -0.480 e. The van der Waals surface area contributed by atoms with E-state index in [1.54, 1.807) is 0 Å². The molecule has 0 saturated heterocycles. The highest BCUT2D eigenvalue weighted by molar-refractivity contribution is 5.82. The molecule has 22 heavy (non-hydrogen) atoms. The van der Waals surface area contributed by atoms with Crippen molar-refractivity contribution in [3.05, 3.63) is 35.9 Å². The van der Waals surface area contributed by atoms with Gasteiger partial charge in [0.25, 0.3) is 0 Å². The fourth-order valence-corrected chi connectivity index (χ4v) is 2.95. The maximum absolute atomic E-state index is 12.1. The number of hydrogen-bond donors (Lipinski definition) is 3. The lowest BCUT2D eigenvalue weighted by Gasteiger charge is -2.30. The van der Waals surface area contributed by atoms with E-state index in [1.165, 1.54) is 6.42 Å². The molecular weight excluding hydrogens is 280 g/mol. The summed E-state index contributed by atoms with van der Waals surface area (Å²) in [5, 5.41) is 14.8. The van der Waals surface area contributed by atoms with Crippen LogP contribution in [-0.2, 0) is 11.2 Å². The average molecular weight is 304 g/mol. The second-order valence-electron chi connectivity index (χ2n) is 6.07. The van der Waals surface area contributed by atoms with Crippen molar-refractivity contribution in [2.75, 3.05) is 0 Å². The molecule has 5 nitrogen and oxygen atoms in total. The lowest BCUT2D eigenvalue weighted by molar-refractivity contribution is -0.139. The van der Waals surface area contributed by atoms with Crippen molar-refractivity contribution in [3.8, 4) is 0 Å². The number of rotatable bonds is 5. The lowest BCUT2D eigenvalue weighted by Crippen LogP contribution is -2.51. The number of carbonyl (C=O) groups excluding carboxylic acids is 1. The molecule has 1 aromatic carbocycles. The van der Waals surface area contributed by atoms with Gasteiger partial charge in [0.2, 0.25) is 0 Å². The topological polar surface area (TPSA) is 78.4 Å². The van der Waals surface area contributed by atoms with E-state index in [0.29, 0.717) is 5.92 Å². The van der Waals surface area contributed by atoms with Crippen LogP contribution in [0.5, 0.6) is 0 Å². The van der Waals surface area contributed by atoms with Gasteiger partial charge in [0.15, 0.2) is 0 Å². The first-order chi connectivity index (χ1) is 10.6. The molecule has 1 saturated carbocycles. The minimum absolute atomic E-state index is 0.139. The van der Waals surface area contributed by atoms with E-state index in [9.17, 15) is 14.7 Å². The summed E-state index contributed by atoms with van der Waals surface area (Å²) < 4.78 is 0. The summed E-state index contributed by atoms with van der Waals surface area (Å²) in [7, 11) is 0. The number of amides is 2. The molecule has 2 amide bonds. The molecule has 1 aliphatic rings. The molecule has 0 radical (unpaired) electrons. The molecule has 3 N–H and O–H groups in total. The van der Waals surface area contributed by atoms with E-state index in [2.05, 4.69) is 17.6 Å². The Morgan fingerprint density at radius 1 is 1.23 bits per heavy atom. The second kappa shape index (κ2) is 7.82. The molecule has 5 heteroatoms. The highest BCUT2D eigenvalue weighted by Gasteiger charge is 2.25. The highest BCUT2D eigenvalue weighted by atomic mass is 16.4. The molecule has 0 bridgehead atoms. The van der Waals surface area contributed by atoms with Crippen LogP contribution in [0, 0.1) is 5.92 Å². The maximum atomic E-state index is 12.1. The van der Waals surface area contributed by atoms with Gasteiger partial charge in [-0.3, -0.25) is 0 Å².